The van der Waals surface area contributed by atoms with Crippen LogP contribution >= 0.6 is 0 Å². The smallest absolute Gasteiger partial charge is 0.240 e. The van der Waals surface area contributed by atoms with Crippen LogP contribution in [0.5, 0.6) is 0 Å². The molecule has 1 heterocycles. The topological polar surface area (TPSA) is 90.0 Å². The summed E-state index contributed by atoms with van der Waals surface area (Å²) in [5, 5.41) is 3.99. The van der Waals surface area contributed by atoms with Crippen molar-refractivity contribution < 1.29 is 8.42 Å². The molecule has 7 heteroatoms. The van der Waals surface area contributed by atoms with E-state index in [0.717, 1.165) is 16.8 Å². The third-order valence-electron chi connectivity index (χ3n) is 3.22. The molecule has 0 saturated carbocycles. The summed E-state index contributed by atoms with van der Waals surface area (Å²) in [7, 11) is -1.78. The Morgan fingerprint density at radius 1 is 1.35 bits per heavy atom. The standard InChI is InChI=1S/C13H18N4O2S/c1-10-3-4-13(7-11(10)8-14)20(18,19)16-9-12-5-6-15-17(12)2/h3-7,16H,8-9,14H2,1-2H3. The zero-order valence-electron chi connectivity index (χ0n) is 11.5. The van der Waals surface area contributed by atoms with Crippen LogP contribution in [0.3, 0.4) is 0 Å². The van der Waals surface area contributed by atoms with Crippen LogP contribution in [0.25, 0.3) is 0 Å². The normalized spacial score (nSPS) is 11.8. The number of nitrogens with one attached hydrogen (secondary N) is 1. The minimum absolute atomic E-state index is 0.199. The van der Waals surface area contributed by atoms with E-state index < -0.39 is 10.0 Å². The molecule has 108 valence electrons. The monoisotopic (exact) mass is 294 g/mol. The average Bonchev–Trinajstić information content (AvgIpc) is 2.82. The highest BCUT2D eigenvalue weighted by Crippen LogP contribution is 2.15. The Morgan fingerprint density at radius 2 is 2.10 bits per heavy atom. The van der Waals surface area contributed by atoms with E-state index in [1.165, 1.54) is 0 Å². The molecule has 2 rings (SSSR count). The lowest BCUT2D eigenvalue weighted by Gasteiger charge is -2.09. The Balaban J connectivity index is 2.20. The number of rotatable bonds is 5. The van der Waals surface area contributed by atoms with Gasteiger partial charge in [0.15, 0.2) is 0 Å². The second-order valence-electron chi connectivity index (χ2n) is 4.56. The molecule has 0 fully saturated rings. The summed E-state index contributed by atoms with van der Waals surface area (Å²) in [6, 6.07) is 6.73. The first-order valence-corrected chi connectivity index (χ1v) is 7.68. The van der Waals surface area contributed by atoms with Gasteiger partial charge >= 0.3 is 0 Å². The predicted octanol–water partition coefficient (Wildman–Crippen LogP) is 0.666. The zero-order valence-corrected chi connectivity index (χ0v) is 12.3. The number of benzene rings is 1. The molecule has 3 N–H and O–H groups in total. The largest absolute Gasteiger partial charge is 0.326 e. The van der Waals surface area contributed by atoms with Gasteiger partial charge in [0.25, 0.3) is 0 Å². The van der Waals surface area contributed by atoms with Crippen molar-refractivity contribution in [3.05, 3.63) is 47.3 Å². The van der Waals surface area contributed by atoms with Gasteiger partial charge in [0.2, 0.25) is 10.0 Å². The van der Waals surface area contributed by atoms with Gasteiger partial charge in [-0.25, -0.2) is 13.1 Å². The van der Waals surface area contributed by atoms with Crippen molar-refractivity contribution in [1.29, 1.82) is 0 Å². The molecule has 0 aliphatic heterocycles. The molecule has 0 atom stereocenters. The lowest BCUT2D eigenvalue weighted by molar-refractivity contribution is 0.577. The van der Waals surface area contributed by atoms with Crippen molar-refractivity contribution in [1.82, 2.24) is 14.5 Å². The number of aryl methyl sites for hydroxylation is 2. The van der Waals surface area contributed by atoms with Gasteiger partial charge in [-0.2, -0.15) is 5.10 Å². The minimum atomic E-state index is -3.55. The summed E-state index contributed by atoms with van der Waals surface area (Å²) in [5.41, 5.74) is 8.21. The van der Waals surface area contributed by atoms with E-state index in [1.807, 2.05) is 6.92 Å². The molecule has 0 unspecified atom stereocenters. The van der Waals surface area contributed by atoms with Crippen LogP contribution in [-0.2, 0) is 30.2 Å². The van der Waals surface area contributed by atoms with E-state index in [2.05, 4.69) is 9.82 Å². The van der Waals surface area contributed by atoms with E-state index in [-0.39, 0.29) is 11.4 Å². The highest BCUT2D eigenvalue weighted by atomic mass is 32.2. The summed E-state index contributed by atoms with van der Waals surface area (Å²) >= 11 is 0. The van der Waals surface area contributed by atoms with Crippen molar-refractivity contribution in [3.8, 4) is 0 Å². The average molecular weight is 294 g/mol. The van der Waals surface area contributed by atoms with Crippen molar-refractivity contribution in [3.63, 3.8) is 0 Å². The number of sulfonamides is 1. The van der Waals surface area contributed by atoms with Crippen LogP contribution in [0.2, 0.25) is 0 Å². The van der Waals surface area contributed by atoms with Gasteiger partial charge in [-0.3, -0.25) is 4.68 Å². The Labute approximate surface area is 118 Å². The maximum atomic E-state index is 12.2. The number of hydrogen-bond acceptors (Lipinski definition) is 4. The van der Waals surface area contributed by atoms with Crippen LogP contribution in [-0.4, -0.2) is 18.2 Å². The Morgan fingerprint density at radius 3 is 2.70 bits per heavy atom. The summed E-state index contributed by atoms with van der Waals surface area (Å²) in [4.78, 5) is 0.228. The predicted molar refractivity (Wildman–Crippen MR) is 76.3 cm³/mol. The molecule has 20 heavy (non-hydrogen) atoms. The van der Waals surface area contributed by atoms with E-state index in [0.29, 0.717) is 6.54 Å². The van der Waals surface area contributed by atoms with E-state index in [1.54, 1.807) is 42.2 Å². The number of nitrogens with zero attached hydrogens (tertiary/aromatic N) is 2. The van der Waals surface area contributed by atoms with E-state index in [4.69, 9.17) is 5.73 Å². The highest BCUT2D eigenvalue weighted by molar-refractivity contribution is 7.89. The second-order valence-corrected chi connectivity index (χ2v) is 6.33. The summed E-state index contributed by atoms with van der Waals surface area (Å²) in [6.45, 7) is 2.42. The van der Waals surface area contributed by atoms with Gasteiger partial charge in [0.05, 0.1) is 17.1 Å². The first-order chi connectivity index (χ1) is 9.44. The molecule has 0 radical (unpaired) electrons. The molecule has 1 aromatic carbocycles. The number of aromatic nitrogens is 2. The van der Waals surface area contributed by atoms with Gasteiger partial charge < -0.3 is 5.73 Å². The molecule has 0 amide bonds. The van der Waals surface area contributed by atoms with Gasteiger partial charge in [-0.1, -0.05) is 6.07 Å². The summed E-state index contributed by atoms with van der Waals surface area (Å²) in [5.74, 6) is 0. The fraction of sp³-hybridized carbons (Fsp3) is 0.308. The maximum Gasteiger partial charge on any atom is 0.240 e. The maximum absolute atomic E-state index is 12.2. The van der Waals surface area contributed by atoms with Gasteiger partial charge in [-0.15, -0.1) is 0 Å². The Hall–Kier alpha value is -1.70. The Kier molecular flexibility index (Phi) is 4.22. The van der Waals surface area contributed by atoms with Crippen LogP contribution in [0.15, 0.2) is 35.4 Å². The molecular weight excluding hydrogens is 276 g/mol. The van der Waals surface area contributed by atoms with Crippen LogP contribution in [0, 0.1) is 6.92 Å². The van der Waals surface area contributed by atoms with Gasteiger partial charge in [-0.05, 0) is 36.2 Å². The second kappa shape index (κ2) is 5.74. The zero-order chi connectivity index (χ0) is 14.8. The van der Waals surface area contributed by atoms with Gasteiger partial charge in [0, 0.05) is 19.8 Å². The van der Waals surface area contributed by atoms with Crippen LogP contribution in [0.4, 0.5) is 0 Å². The molecule has 2 aromatic rings. The first kappa shape index (κ1) is 14.7. The molecular formula is C13H18N4O2S. The third-order valence-corrected chi connectivity index (χ3v) is 4.62. The Bertz CT molecular complexity index is 707. The molecule has 0 spiro atoms. The first-order valence-electron chi connectivity index (χ1n) is 6.20. The minimum Gasteiger partial charge on any atom is -0.326 e. The molecule has 1 aromatic heterocycles. The molecule has 0 saturated heterocycles. The molecule has 0 aliphatic carbocycles. The third kappa shape index (κ3) is 3.06. The van der Waals surface area contributed by atoms with Crippen molar-refractivity contribution in [2.24, 2.45) is 12.8 Å². The van der Waals surface area contributed by atoms with Gasteiger partial charge in [0.1, 0.15) is 0 Å². The number of hydrogen-bond donors (Lipinski definition) is 2. The van der Waals surface area contributed by atoms with E-state index >= 15 is 0 Å². The molecule has 0 bridgehead atoms. The lowest BCUT2D eigenvalue weighted by atomic mass is 10.1. The summed E-state index contributed by atoms with van der Waals surface area (Å²) in [6.07, 6.45) is 1.63. The lowest BCUT2D eigenvalue weighted by Crippen LogP contribution is -2.24. The highest BCUT2D eigenvalue weighted by Gasteiger charge is 2.15. The summed E-state index contributed by atoms with van der Waals surface area (Å²) < 4.78 is 28.7. The fourth-order valence-corrected chi connectivity index (χ4v) is 2.91. The van der Waals surface area contributed by atoms with Crippen LogP contribution < -0.4 is 10.5 Å². The van der Waals surface area contributed by atoms with Crippen molar-refractivity contribution >= 4 is 10.0 Å². The number of nitrogens with two attached hydrogens (primary N) is 1. The molecule has 6 nitrogen and oxygen atoms in total. The van der Waals surface area contributed by atoms with Crippen LogP contribution in [0.1, 0.15) is 16.8 Å². The quantitative estimate of drug-likeness (QED) is 0.848. The molecule has 0 aliphatic rings. The SMILES string of the molecule is Cc1ccc(S(=O)(=O)NCc2ccnn2C)cc1CN. The fourth-order valence-electron chi connectivity index (χ4n) is 1.86. The van der Waals surface area contributed by atoms with Crippen molar-refractivity contribution in [2.75, 3.05) is 0 Å². The van der Waals surface area contributed by atoms with E-state index in [9.17, 15) is 8.42 Å². The van der Waals surface area contributed by atoms with Crippen molar-refractivity contribution in [2.45, 2.75) is 24.9 Å².